The molecular formula is C16H28F3N3O. The molecule has 1 N–H and O–H groups in total. The zero-order valence-corrected chi connectivity index (χ0v) is 13.6. The van der Waals surface area contributed by atoms with E-state index in [1.54, 1.807) is 4.90 Å². The zero-order valence-electron chi connectivity index (χ0n) is 13.6. The summed E-state index contributed by atoms with van der Waals surface area (Å²) in [5, 5.41) is 9.11. The van der Waals surface area contributed by atoms with Crippen LogP contribution >= 0.6 is 0 Å². The molecule has 7 heteroatoms. The standard InChI is InChI=1S/C16H28F3N3O/c17-16(18,19)15(23)12-20-10-14(11-20)22-8-6-21(7-9-22)13-4-2-1-3-5-13/h13-15,23H,1-12H2. The topological polar surface area (TPSA) is 30.0 Å². The van der Waals surface area contributed by atoms with Gasteiger partial charge in [-0.25, -0.2) is 0 Å². The summed E-state index contributed by atoms with van der Waals surface area (Å²) in [5.41, 5.74) is 0. The van der Waals surface area contributed by atoms with Crippen molar-refractivity contribution in [2.24, 2.45) is 0 Å². The molecule has 3 aliphatic rings. The predicted octanol–water partition coefficient (Wildman–Crippen LogP) is 1.54. The smallest absolute Gasteiger partial charge is 0.382 e. The van der Waals surface area contributed by atoms with Gasteiger partial charge in [-0.05, 0) is 12.8 Å². The lowest BCUT2D eigenvalue weighted by molar-refractivity contribution is -0.212. The summed E-state index contributed by atoms with van der Waals surface area (Å²) in [7, 11) is 0. The van der Waals surface area contributed by atoms with E-state index in [0.717, 1.165) is 32.2 Å². The number of halogens is 3. The number of piperazine rings is 1. The van der Waals surface area contributed by atoms with Crippen LogP contribution in [0.2, 0.25) is 0 Å². The molecule has 0 amide bonds. The van der Waals surface area contributed by atoms with Crippen molar-refractivity contribution in [3.8, 4) is 0 Å². The van der Waals surface area contributed by atoms with Gasteiger partial charge in [0.05, 0.1) is 0 Å². The molecule has 23 heavy (non-hydrogen) atoms. The fourth-order valence-electron chi connectivity index (χ4n) is 4.18. The summed E-state index contributed by atoms with van der Waals surface area (Å²) in [6.07, 6.45) is 0.00802. The van der Waals surface area contributed by atoms with Crippen LogP contribution in [0, 0.1) is 0 Å². The molecule has 2 aliphatic heterocycles. The Kier molecular flexibility index (Phi) is 5.50. The monoisotopic (exact) mass is 335 g/mol. The molecule has 1 atom stereocenters. The Labute approximate surface area is 136 Å². The first-order valence-electron chi connectivity index (χ1n) is 8.89. The highest BCUT2D eigenvalue weighted by atomic mass is 19.4. The van der Waals surface area contributed by atoms with Crippen molar-refractivity contribution in [1.82, 2.24) is 14.7 Å². The third-order valence-corrected chi connectivity index (χ3v) is 5.70. The molecule has 2 heterocycles. The number of nitrogens with zero attached hydrogens (tertiary/aromatic N) is 3. The van der Waals surface area contributed by atoms with Gasteiger partial charge in [-0.3, -0.25) is 14.7 Å². The second-order valence-electron chi connectivity index (χ2n) is 7.29. The van der Waals surface area contributed by atoms with Gasteiger partial charge in [-0.1, -0.05) is 19.3 Å². The largest absolute Gasteiger partial charge is 0.415 e. The summed E-state index contributed by atoms with van der Waals surface area (Å²) in [5.74, 6) is 0. The van der Waals surface area contributed by atoms with Crippen LogP contribution in [0.5, 0.6) is 0 Å². The first-order valence-corrected chi connectivity index (χ1v) is 8.89. The van der Waals surface area contributed by atoms with E-state index >= 15 is 0 Å². The molecule has 1 unspecified atom stereocenters. The summed E-state index contributed by atoms with van der Waals surface area (Å²) in [4.78, 5) is 6.73. The van der Waals surface area contributed by atoms with Crippen LogP contribution < -0.4 is 0 Å². The fourth-order valence-corrected chi connectivity index (χ4v) is 4.18. The highest BCUT2D eigenvalue weighted by Crippen LogP contribution is 2.26. The Bertz CT molecular complexity index is 373. The van der Waals surface area contributed by atoms with Crippen molar-refractivity contribution in [2.45, 2.75) is 56.5 Å². The van der Waals surface area contributed by atoms with E-state index < -0.39 is 12.3 Å². The number of aliphatic hydroxyl groups excluding tert-OH is 1. The Balaban J connectivity index is 1.35. The van der Waals surface area contributed by atoms with E-state index in [2.05, 4.69) is 9.80 Å². The van der Waals surface area contributed by atoms with E-state index in [-0.39, 0.29) is 6.54 Å². The third kappa shape index (κ3) is 4.38. The number of hydrogen-bond acceptors (Lipinski definition) is 4. The predicted molar refractivity (Wildman–Crippen MR) is 82.3 cm³/mol. The van der Waals surface area contributed by atoms with Gasteiger partial charge in [0.25, 0.3) is 0 Å². The van der Waals surface area contributed by atoms with Gasteiger partial charge in [0.2, 0.25) is 0 Å². The number of rotatable bonds is 4. The lowest BCUT2D eigenvalue weighted by atomic mass is 9.93. The molecule has 0 aromatic carbocycles. The molecule has 2 saturated heterocycles. The second kappa shape index (κ2) is 7.25. The van der Waals surface area contributed by atoms with Crippen molar-refractivity contribution < 1.29 is 18.3 Å². The van der Waals surface area contributed by atoms with E-state index in [0.29, 0.717) is 19.1 Å². The Hall–Kier alpha value is -0.370. The van der Waals surface area contributed by atoms with E-state index in [1.165, 1.54) is 32.1 Å². The number of hydrogen-bond donors (Lipinski definition) is 1. The second-order valence-corrected chi connectivity index (χ2v) is 7.29. The van der Waals surface area contributed by atoms with Crippen LogP contribution in [0.4, 0.5) is 13.2 Å². The molecule has 134 valence electrons. The highest BCUT2D eigenvalue weighted by molar-refractivity contribution is 4.92. The van der Waals surface area contributed by atoms with Crippen LogP contribution in [0.1, 0.15) is 32.1 Å². The van der Waals surface area contributed by atoms with Crippen LogP contribution in [0.15, 0.2) is 0 Å². The number of β-amino-alcohol motifs (C(OH)–C–C–N with tert-alkyl or cyclic N) is 1. The highest BCUT2D eigenvalue weighted by Gasteiger charge is 2.42. The molecule has 0 radical (unpaired) electrons. The molecule has 4 nitrogen and oxygen atoms in total. The minimum atomic E-state index is -4.50. The molecule has 3 rings (SSSR count). The maximum absolute atomic E-state index is 12.3. The van der Waals surface area contributed by atoms with E-state index in [1.807, 2.05) is 0 Å². The number of alkyl halides is 3. The first-order chi connectivity index (χ1) is 10.9. The van der Waals surface area contributed by atoms with Crippen LogP contribution in [-0.4, -0.2) is 90.0 Å². The summed E-state index contributed by atoms with van der Waals surface area (Å²) >= 11 is 0. The van der Waals surface area contributed by atoms with Crippen molar-refractivity contribution >= 4 is 0 Å². The molecule has 0 aromatic rings. The van der Waals surface area contributed by atoms with Gasteiger partial charge in [0, 0.05) is 57.9 Å². The van der Waals surface area contributed by atoms with Gasteiger partial charge in [0.1, 0.15) is 0 Å². The summed E-state index contributed by atoms with van der Waals surface area (Å²) in [6, 6.07) is 1.12. The van der Waals surface area contributed by atoms with Crippen LogP contribution in [0.3, 0.4) is 0 Å². The summed E-state index contributed by atoms with van der Waals surface area (Å²) < 4.78 is 37.0. The molecule has 1 saturated carbocycles. The van der Waals surface area contributed by atoms with Crippen molar-refractivity contribution in [3.05, 3.63) is 0 Å². The number of aliphatic hydroxyl groups is 1. The van der Waals surface area contributed by atoms with Gasteiger partial charge in [-0.15, -0.1) is 0 Å². The molecular weight excluding hydrogens is 307 g/mol. The quantitative estimate of drug-likeness (QED) is 0.844. The van der Waals surface area contributed by atoms with Crippen LogP contribution in [0.25, 0.3) is 0 Å². The maximum Gasteiger partial charge on any atom is 0.415 e. The van der Waals surface area contributed by atoms with Gasteiger partial charge < -0.3 is 5.11 Å². The first kappa shape index (κ1) is 17.5. The van der Waals surface area contributed by atoms with Gasteiger partial charge in [-0.2, -0.15) is 13.2 Å². The normalized spacial score (nSPS) is 28.7. The third-order valence-electron chi connectivity index (χ3n) is 5.70. The van der Waals surface area contributed by atoms with Crippen molar-refractivity contribution in [1.29, 1.82) is 0 Å². The molecule has 1 aliphatic carbocycles. The Morgan fingerprint density at radius 2 is 1.39 bits per heavy atom. The molecule has 0 bridgehead atoms. The molecule has 3 fully saturated rings. The van der Waals surface area contributed by atoms with Gasteiger partial charge in [0.15, 0.2) is 6.10 Å². The zero-order chi connectivity index (χ0) is 16.4. The molecule has 0 aromatic heterocycles. The Morgan fingerprint density at radius 3 is 1.91 bits per heavy atom. The summed E-state index contributed by atoms with van der Waals surface area (Å²) in [6.45, 7) is 5.24. The Morgan fingerprint density at radius 1 is 0.870 bits per heavy atom. The van der Waals surface area contributed by atoms with Crippen molar-refractivity contribution in [2.75, 3.05) is 45.8 Å². The lowest BCUT2D eigenvalue weighted by Crippen LogP contribution is -2.65. The lowest BCUT2D eigenvalue weighted by Gasteiger charge is -2.49. The van der Waals surface area contributed by atoms with E-state index in [9.17, 15) is 13.2 Å². The maximum atomic E-state index is 12.3. The van der Waals surface area contributed by atoms with Gasteiger partial charge >= 0.3 is 6.18 Å². The number of likely N-dealkylation sites (tertiary alicyclic amines) is 1. The van der Waals surface area contributed by atoms with E-state index in [4.69, 9.17) is 5.11 Å². The SMILES string of the molecule is OC(CN1CC(N2CCN(C3CCCCC3)CC2)C1)C(F)(F)F. The minimum Gasteiger partial charge on any atom is -0.382 e. The molecule has 0 spiro atoms. The van der Waals surface area contributed by atoms with Crippen LogP contribution in [-0.2, 0) is 0 Å². The average molecular weight is 335 g/mol. The van der Waals surface area contributed by atoms with Crippen molar-refractivity contribution in [3.63, 3.8) is 0 Å². The average Bonchev–Trinajstić information content (AvgIpc) is 2.50. The fraction of sp³-hybridized carbons (Fsp3) is 1.00. The minimum absolute atomic E-state index is 0.290.